The van der Waals surface area contributed by atoms with Crippen molar-refractivity contribution in [2.24, 2.45) is 0 Å². The average molecular weight is 262 g/mol. The van der Waals surface area contributed by atoms with Crippen molar-refractivity contribution in [1.82, 2.24) is 0 Å². The summed E-state index contributed by atoms with van der Waals surface area (Å²) in [5.74, 6) is 0.553. The lowest BCUT2D eigenvalue weighted by Gasteiger charge is -2.24. The van der Waals surface area contributed by atoms with Crippen molar-refractivity contribution < 1.29 is 22.8 Å². The topological polar surface area (TPSA) is 57.9 Å². The van der Waals surface area contributed by atoms with Crippen molar-refractivity contribution in [3.05, 3.63) is 24.2 Å². The fourth-order valence-electron chi connectivity index (χ4n) is 1.55. The molecule has 98 valence electrons. The van der Waals surface area contributed by atoms with Crippen LogP contribution in [0.1, 0.15) is 25.3 Å². The Morgan fingerprint density at radius 3 is 2.41 bits per heavy atom. The first kappa shape index (κ1) is 14.5. The zero-order valence-electron chi connectivity index (χ0n) is 10.4. The molecule has 1 rings (SSSR count). The molecule has 1 aromatic rings. The Bertz CT molecular complexity index is 339. The molecule has 0 saturated heterocycles. The summed E-state index contributed by atoms with van der Waals surface area (Å²) >= 11 is 0. The van der Waals surface area contributed by atoms with Gasteiger partial charge < -0.3 is 18.2 Å². The van der Waals surface area contributed by atoms with E-state index in [9.17, 15) is 4.57 Å². The molecule has 1 heterocycles. The van der Waals surface area contributed by atoms with Crippen LogP contribution in [-0.4, -0.2) is 26.9 Å². The quantitative estimate of drug-likeness (QED) is 0.673. The van der Waals surface area contributed by atoms with Crippen LogP contribution in [0.5, 0.6) is 0 Å². The third kappa shape index (κ3) is 3.68. The van der Waals surface area contributed by atoms with Crippen LogP contribution >= 0.6 is 7.60 Å². The summed E-state index contributed by atoms with van der Waals surface area (Å²) in [6.45, 7) is 4.41. The van der Waals surface area contributed by atoms with E-state index in [4.69, 9.17) is 18.2 Å². The average Bonchev–Trinajstić information content (AvgIpc) is 2.79. The van der Waals surface area contributed by atoms with Crippen LogP contribution in [-0.2, 0) is 18.3 Å². The lowest BCUT2D eigenvalue weighted by Crippen LogP contribution is -2.11. The molecule has 0 aliphatic carbocycles. The maximum Gasteiger partial charge on any atom is 0.343 e. The number of furan rings is 1. The number of methoxy groups -OCH3 is 1. The van der Waals surface area contributed by atoms with E-state index in [-0.39, 0.29) is 6.61 Å². The normalized spacial score (nSPS) is 13.8. The van der Waals surface area contributed by atoms with Crippen molar-refractivity contribution >= 4 is 7.60 Å². The molecular weight excluding hydrogens is 243 g/mol. The van der Waals surface area contributed by atoms with E-state index in [0.29, 0.717) is 19.0 Å². The molecule has 17 heavy (non-hydrogen) atoms. The summed E-state index contributed by atoms with van der Waals surface area (Å²) in [4.78, 5) is 0. The number of hydrogen-bond donors (Lipinski definition) is 0. The van der Waals surface area contributed by atoms with Crippen LogP contribution in [0.3, 0.4) is 0 Å². The lowest BCUT2D eigenvalue weighted by atomic mass is 10.3. The molecule has 0 aromatic carbocycles. The predicted octanol–water partition coefficient (Wildman–Crippen LogP) is 3.23. The Labute approximate surface area is 102 Å². The molecule has 0 aliphatic heterocycles. The highest BCUT2D eigenvalue weighted by Crippen LogP contribution is 2.60. The van der Waals surface area contributed by atoms with Gasteiger partial charge in [0.05, 0.1) is 26.1 Å². The van der Waals surface area contributed by atoms with E-state index in [1.807, 2.05) is 0 Å². The second-order valence-corrected chi connectivity index (χ2v) is 5.58. The Morgan fingerprint density at radius 2 is 2.00 bits per heavy atom. The van der Waals surface area contributed by atoms with Crippen molar-refractivity contribution in [2.75, 3.05) is 26.9 Å². The van der Waals surface area contributed by atoms with E-state index < -0.39 is 13.3 Å². The fraction of sp³-hybridized carbons (Fsp3) is 0.636. The monoisotopic (exact) mass is 262 g/mol. The van der Waals surface area contributed by atoms with Gasteiger partial charge in [0.2, 0.25) is 0 Å². The summed E-state index contributed by atoms with van der Waals surface area (Å²) in [7, 11) is -1.71. The van der Waals surface area contributed by atoms with Gasteiger partial charge >= 0.3 is 7.60 Å². The van der Waals surface area contributed by atoms with Crippen LogP contribution in [0.15, 0.2) is 22.8 Å². The van der Waals surface area contributed by atoms with Crippen LogP contribution in [0.2, 0.25) is 0 Å². The van der Waals surface area contributed by atoms with Crippen LogP contribution in [0.4, 0.5) is 0 Å². The Hall–Kier alpha value is -0.610. The molecule has 0 N–H and O–H groups in total. The highest BCUT2D eigenvalue weighted by Gasteiger charge is 2.38. The van der Waals surface area contributed by atoms with Gasteiger partial charge in [-0.25, -0.2) is 0 Å². The minimum atomic E-state index is -3.25. The van der Waals surface area contributed by atoms with Gasteiger partial charge in [-0.3, -0.25) is 4.57 Å². The molecule has 5 nitrogen and oxygen atoms in total. The third-order valence-electron chi connectivity index (χ3n) is 2.20. The van der Waals surface area contributed by atoms with Gasteiger partial charge in [0, 0.05) is 7.11 Å². The first-order valence-electron chi connectivity index (χ1n) is 5.59. The third-order valence-corrected chi connectivity index (χ3v) is 4.60. The standard InChI is InChI=1S/C11H19O5P/c1-4-15-17(12,16-5-2)11(9-13-3)10-7-6-8-14-10/h6-8,11H,4-5,9H2,1-3H3. The first-order chi connectivity index (χ1) is 8.18. The summed E-state index contributed by atoms with van der Waals surface area (Å²) in [6, 6.07) is 3.48. The lowest BCUT2D eigenvalue weighted by molar-refractivity contribution is 0.158. The fourth-order valence-corrected chi connectivity index (χ4v) is 3.49. The predicted molar refractivity (Wildman–Crippen MR) is 64.2 cm³/mol. The SMILES string of the molecule is CCOP(=O)(OCC)C(COC)c1ccco1. The molecule has 1 atom stereocenters. The van der Waals surface area contributed by atoms with Gasteiger partial charge in [0.25, 0.3) is 0 Å². The maximum atomic E-state index is 12.6. The first-order valence-corrected chi connectivity index (χ1v) is 7.20. The van der Waals surface area contributed by atoms with Gasteiger partial charge in [-0.2, -0.15) is 0 Å². The van der Waals surface area contributed by atoms with E-state index >= 15 is 0 Å². The zero-order chi connectivity index (χ0) is 12.7. The molecule has 0 bridgehead atoms. The summed E-state index contributed by atoms with van der Waals surface area (Å²) in [5, 5.41) is 0. The van der Waals surface area contributed by atoms with Crippen LogP contribution in [0.25, 0.3) is 0 Å². The second-order valence-electron chi connectivity index (χ2n) is 3.36. The number of ether oxygens (including phenoxy) is 1. The van der Waals surface area contributed by atoms with E-state index in [1.54, 1.807) is 26.0 Å². The van der Waals surface area contributed by atoms with Gasteiger partial charge in [-0.15, -0.1) is 0 Å². The smallest absolute Gasteiger partial charge is 0.343 e. The summed E-state index contributed by atoms with van der Waals surface area (Å²) < 4.78 is 33.6. The van der Waals surface area contributed by atoms with E-state index in [0.717, 1.165) is 0 Å². The van der Waals surface area contributed by atoms with E-state index in [1.165, 1.54) is 13.4 Å². The van der Waals surface area contributed by atoms with Gasteiger partial charge in [-0.1, -0.05) is 0 Å². The van der Waals surface area contributed by atoms with Crippen molar-refractivity contribution in [2.45, 2.75) is 19.5 Å². The van der Waals surface area contributed by atoms with Crippen LogP contribution in [0, 0.1) is 0 Å². The summed E-state index contributed by atoms with van der Waals surface area (Å²) in [6.07, 6.45) is 1.53. The molecule has 0 radical (unpaired) electrons. The molecule has 0 saturated carbocycles. The van der Waals surface area contributed by atoms with Crippen molar-refractivity contribution in [3.63, 3.8) is 0 Å². The van der Waals surface area contributed by atoms with Gasteiger partial charge in [-0.05, 0) is 26.0 Å². The summed E-state index contributed by atoms with van der Waals surface area (Å²) in [5.41, 5.74) is -0.526. The Kier molecular flexibility index (Phi) is 5.92. The van der Waals surface area contributed by atoms with E-state index in [2.05, 4.69) is 0 Å². The number of rotatable bonds is 8. The van der Waals surface area contributed by atoms with Gasteiger partial charge in [0.1, 0.15) is 11.4 Å². The maximum absolute atomic E-state index is 12.6. The van der Waals surface area contributed by atoms with Crippen molar-refractivity contribution in [3.8, 4) is 0 Å². The zero-order valence-corrected chi connectivity index (χ0v) is 11.3. The minimum Gasteiger partial charge on any atom is -0.468 e. The highest BCUT2D eigenvalue weighted by molar-refractivity contribution is 7.54. The van der Waals surface area contributed by atoms with Crippen molar-refractivity contribution in [1.29, 1.82) is 0 Å². The Morgan fingerprint density at radius 1 is 1.35 bits per heavy atom. The Balaban J connectivity index is 2.97. The van der Waals surface area contributed by atoms with Gasteiger partial charge in [0.15, 0.2) is 0 Å². The molecule has 0 aliphatic rings. The van der Waals surface area contributed by atoms with Crippen LogP contribution < -0.4 is 0 Å². The molecule has 0 amide bonds. The number of hydrogen-bond acceptors (Lipinski definition) is 5. The molecule has 1 unspecified atom stereocenters. The molecular formula is C11H19O5P. The second kappa shape index (κ2) is 6.97. The largest absolute Gasteiger partial charge is 0.468 e. The highest BCUT2D eigenvalue weighted by atomic mass is 31.2. The molecule has 0 spiro atoms. The molecule has 1 aromatic heterocycles. The molecule has 0 fully saturated rings. The molecule has 6 heteroatoms. The minimum absolute atomic E-state index is 0.227.